The molecule has 1 rings (SSSR count). The maximum Gasteiger partial charge on any atom is 0.163 e. The zero-order valence-electron chi connectivity index (χ0n) is 6.47. The molecule has 0 radical (unpaired) electrons. The monoisotopic (exact) mass is 277 g/mol. The van der Waals surface area contributed by atoms with Gasteiger partial charge in [0.25, 0.3) is 0 Å². The lowest BCUT2D eigenvalue weighted by Crippen LogP contribution is -1.96. The molecule has 0 heterocycles. The minimum Gasteiger partial charge on any atom is -0.507 e. The van der Waals surface area contributed by atoms with Crippen LogP contribution < -0.4 is 5.73 Å². The van der Waals surface area contributed by atoms with Gasteiger partial charge < -0.3 is 10.8 Å². The topological polar surface area (TPSA) is 63.3 Å². The van der Waals surface area contributed by atoms with Crippen LogP contribution in [0.3, 0.4) is 0 Å². The van der Waals surface area contributed by atoms with Crippen LogP contribution >= 0.6 is 22.6 Å². The molecule has 0 saturated carbocycles. The Morgan fingerprint density at radius 3 is 2.67 bits per heavy atom. The first-order valence-corrected chi connectivity index (χ1v) is 4.39. The van der Waals surface area contributed by atoms with Gasteiger partial charge in [-0.05, 0) is 35.6 Å². The van der Waals surface area contributed by atoms with Crippen molar-refractivity contribution >= 4 is 34.1 Å². The molecule has 0 saturated heterocycles. The first-order chi connectivity index (χ1) is 5.52. The highest BCUT2D eigenvalue weighted by molar-refractivity contribution is 14.1. The van der Waals surface area contributed by atoms with E-state index in [9.17, 15) is 9.90 Å². The highest BCUT2D eigenvalue weighted by Crippen LogP contribution is 2.25. The summed E-state index contributed by atoms with van der Waals surface area (Å²) in [5, 5.41) is 9.28. The van der Waals surface area contributed by atoms with Gasteiger partial charge in [-0.15, -0.1) is 0 Å². The number of ketones is 1. The van der Waals surface area contributed by atoms with E-state index in [0.717, 1.165) is 3.57 Å². The van der Waals surface area contributed by atoms with Gasteiger partial charge in [-0.25, -0.2) is 0 Å². The van der Waals surface area contributed by atoms with Crippen LogP contribution in [0.5, 0.6) is 5.75 Å². The normalized spacial score (nSPS) is 9.83. The number of benzene rings is 1. The van der Waals surface area contributed by atoms with Gasteiger partial charge in [-0.2, -0.15) is 0 Å². The lowest BCUT2D eigenvalue weighted by Gasteiger charge is -2.03. The molecule has 1 aromatic rings. The number of phenolic OH excluding ortho intramolecular Hbond substituents is 1. The standard InChI is InChI=1S/C8H8INO2/c1-4(11)5-2-6(9)7(10)3-8(5)12/h2-3,12H,10H2,1H3. The summed E-state index contributed by atoms with van der Waals surface area (Å²) < 4.78 is 0.774. The number of phenols is 1. The fraction of sp³-hybridized carbons (Fsp3) is 0.125. The lowest BCUT2D eigenvalue weighted by molar-refractivity contribution is 0.101. The molecule has 0 unspecified atom stereocenters. The van der Waals surface area contributed by atoms with Crippen molar-refractivity contribution in [1.29, 1.82) is 0 Å². The smallest absolute Gasteiger partial charge is 0.163 e. The maximum absolute atomic E-state index is 10.9. The second-order valence-corrected chi connectivity index (χ2v) is 3.61. The molecule has 0 aromatic heterocycles. The molecular formula is C8H8INO2. The highest BCUT2D eigenvalue weighted by Gasteiger charge is 2.08. The molecule has 0 spiro atoms. The van der Waals surface area contributed by atoms with Crippen LogP contribution in [0, 0.1) is 3.57 Å². The summed E-state index contributed by atoms with van der Waals surface area (Å²) in [6.07, 6.45) is 0. The zero-order valence-corrected chi connectivity index (χ0v) is 8.62. The predicted molar refractivity (Wildman–Crippen MR) is 55.2 cm³/mol. The molecule has 12 heavy (non-hydrogen) atoms. The average Bonchev–Trinajstić information content (AvgIpc) is 1.96. The summed E-state index contributed by atoms with van der Waals surface area (Å²) in [6.45, 7) is 1.40. The fourth-order valence-corrected chi connectivity index (χ4v) is 1.33. The molecule has 0 amide bonds. The van der Waals surface area contributed by atoms with Crippen molar-refractivity contribution in [2.75, 3.05) is 5.73 Å². The zero-order chi connectivity index (χ0) is 9.30. The molecule has 0 atom stereocenters. The summed E-state index contributed by atoms with van der Waals surface area (Å²) in [4.78, 5) is 10.9. The minimum absolute atomic E-state index is 0.0552. The molecular weight excluding hydrogens is 269 g/mol. The first kappa shape index (κ1) is 9.31. The van der Waals surface area contributed by atoms with Gasteiger partial charge in [0.05, 0.1) is 5.56 Å². The Hall–Kier alpha value is -0.780. The molecule has 0 aliphatic heterocycles. The number of carbonyl (C=O) groups excluding carboxylic acids is 1. The summed E-state index contributed by atoms with van der Waals surface area (Å²) >= 11 is 2.01. The number of halogens is 1. The Morgan fingerprint density at radius 1 is 1.58 bits per heavy atom. The van der Waals surface area contributed by atoms with Crippen molar-refractivity contribution in [3.63, 3.8) is 0 Å². The van der Waals surface area contributed by atoms with Crippen LogP contribution in [-0.2, 0) is 0 Å². The highest BCUT2D eigenvalue weighted by atomic mass is 127. The third-order valence-electron chi connectivity index (χ3n) is 1.49. The van der Waals surface area contributed by atoms with E-state index in [0.29, 0.717) is 11.3 Å². The third kappa shape index (κ3) is 1.69. The third-order valence-corrected chi connectivity index (χ3v) is 2.43. The number of carbonyl (C=O) groups is 1. The van der Waals surface area contributed by atoms with Crippen molar-refractivity contribution < 1.29 is 9.90 Å². The van der Waals surface area contributed by atoms with Gasteiger partial charge in [-0.3, -0.25) is 4.79 Å². The van der Waals surface area contributed by atoms with Crippen molar-refractivity contribution in [1.82, 2.24) is 0 Å². The molecule has 1 aromatic carbocycles. The molecule has 4 heteroatoms. The molecule has 0 aliphatic carbocycles. The minimum atomic E-state index is -0.162. The number of rotatable bonds is 1. The van der Waals surface area contributed by atoms with E-state index in [-0.39, 0.29) is 11.5 Å². The Labute approximate surface area is 83.7 Å². The molecule has 3 nitrogen and oxygen atoms in total. The van der Waals surface area contributed by atoms with E-state index in [4.69, 9.17) is 5.73 Å². The van der Waals surface area contributed by atoms with Crippen LogP contribution in [0.4, 0.5) is 5.69 Å². The molecule has 0 bridgehead atoms. The number of hydrogen-bond acceptors (Lipinski definition) is 3. The van der Waals surface area contributed by atoms with Crippen LogP contribution in [0.1, 0.15) is 17.3 Å². The Bertz CT molecular complexity index is 336. The van der Waals surface area contributed by atoms with Gasteiger partial charge in [0, 0.05) is 15.3 Å². The lowest BCUT2D eigenvalue weighted by atomic mass is 10.1. The Kier molecular flexibility index (Phi) is 2.56. The summed E-state index contributed by atoms with van der Waals surface area (Å²) in [7, 11) is 0. The van der Waals surface area contributed by atoms with Crippen LogP contribution in [0.15, 0.2) is 12.1 Å². The first-order valence-electron chi connectivity index (χ1n) is 3.31. The fourth-order valence-electron chi connectivity index (χ4n) is 0.860. The van der Waals surface area contributed by atoms with E-state index in [1.54, 1.807) is 6.07 Å². The van der Waals surface area contributed by atoms with Crippen LogP contribution in [-0.4, -0.2) is 10.9 Å². The number of nitrogen functional groups attached to an aromatic ring is 1. The second kappa shape index (κ2) is 3.30. The van der Waals surface area contributed by atoms with Gasteiger partial charge in [0.15, 0.2) is 5.78 Å². The Balaban J connectivity index is 3.33. The van der Waals surface area contributed by atoms with Crippen molar-refractivity contribution in [3.05, 3.63) is 21.3 Å². The van der Waals surface area contributed by atoms with E-state index >= 15 is 0 Å². The van der Waals surface area contributed by atoms with Gasteiger partial charge in [0.1, 0.15) is 5.75 Å². The number of nitrogens with two attached hydrogens (primary N) is 1. The van der Waals surface area contributed by atoms with E-state index in [2.05, 4.69) is 0 Å². The van der Waals surface area contributed by atoms with Crippen molar-refractivity contribution in [2.45, 2.75) is 6.92 Å². The number of Topliss-reactive ketones (excluding diaryl/α,β-unsaturated/α-hetero) is 1. The van der Waals surface area contributed by atoms with Gasteiger partial charge >= 0.3 is 0 Å². The van der Waals surface area contributed by atoms with Crippen molar-refractivity contribution in [3.8, 4) is 5.75 Å². The number of hydrogen-bond donors (Lipinski definition) is 2. The molecule has 3 N–H and O–H groups in total. The summed E-state index contributed by atoms with van der Waals surface area (Å²) in [6, 6.07) is 2.96. The quantitative estimate of drug-likeness (QED) is 0.467. The average molecular weight is 277 g/mol. The number of anilines is 1. The van der Waals surface area contributed by atoms with E-state index in [1.807, 2.05) is 22.6 Å². The van der Waals surface area contributed by atoms with Gasteiger partial charge in [-0.1, -0.05) is 0 Å². The molecule has 0 fully saturated rings. The van der Waals surface area contributed by atoms with Gasteiger partial charge in [0.2, 0.25) is 0 Å². The van der Waals surface area contributed by atoms with E-state index < -0.39 is 0 Å². The SMILES string of the molecule is CC(=O)c1cc(I)c(N)cc1O. The summed E-state index contributed by atoms with van der Waals surface area (Å²) in [5.74, 6) is -0.217. The van der Waals surface area contributed by atoms with Crippen molar-refractivity contribution in [2.24, 2.45) is 0 Å². The second-order valence-electron chi connectivity index (χ2n) is 2.45. The maximum atomic E-state index is 10.9. The summed E-state index contributed by atoms with van der Waals surface area (Å²) in [5.41, 5.74) is 6.31. The van der Waals surface area contributed by atoms with Crippen LogP contribution in [0.2, 0.25) is 0 Å². The molecule has 64 valence electrons. The van der Waals surface area contributed by atoms with E-state index in [1.165, 1.54) is 13.0 Å². The Morgan fingerprint density at radius 2 is 2.17 bits per heavy atom. The largest absolute Gasteiger partial charge is 0.507 e. The van der Waals surface area contributed by atoms with Crippen LogP contribution in [0.25, 0.3) is 0 Å². The molecule has 0 aliphatic rings. The predicted octanol–water partition coefficient (Wildman–Crippen LogP) is 1.78. The number of aromatic hydroxyl groups is 1.